The second-order valence-electron chi connectivity index (χ2n) is 1.62. The molecule has 0 saturated carbocycles. The van der Waals surface area contributed by atoms with Crippen molar-refractivity contribution in [3.05, 3.63) is 0 Å². The molecule has 0 unspecified atom stereocenters. The van der Waals surface area contributed by atoms with Gasteiger partial charge in [0, 0.05) is 13.1 Å². The first-order valence-corrected chi connectivity index (χ1v) is 2.37. The molecule has 0 N–H and O–H groups in total. The van der Waals surface area contributed by atoms with Crippen LogP contribution in [-0.4, -0.2) is 17.5 Å². The number of nitrogens with zero attached hydrogens (tertiary/aromatic N) is 1. The van der Waals surface area contributed by atoms with E-state index in [1.165, 1.54) is 0 Å². The van der Waals surface area contributed by atoms with Crippen LogP contribution in [0.15, 0.2) is 0 Å². The Morgan fingerprint density at radius 3 is 1.67 bits per heavy atom. The largest absolute Gasteiger partial charge is 0.221 e. The fourth-order valence-electron chi connectivity index (χ4n) is 0. The second-order valence-corrected chi connectivity index (χ2v) is 2.15. The SMILES string of the molecule is CC(C)N(C)Cl. The van der Waals surface area contributed by atoms with Gasteiger partial charge in [0.1, 0.15) is 0 Å². The predicted octanol–water partition coefficient (Wildman–Crippen LogP) is 1.48. The van der Waals surface area contributed by atoms with Crippen molar-refractivity contribution >= 4 is 11.8 Å². The van der Waals surface area contributed by atoms with Gasteiger partial charge in [-0.15, -0.1) is 0 Å². The Hall–Kier alpha value is 0.250. The zero-order valence-corrected chi connectivity index (χ0v) is 5.16. The van der Waals surface area contributed by atoms with E-state index in [-0.39, 0.29) is 0 Å². The molecule has 6 heavy (non-hydrogen) atoms. The maximum Gasteiger partial charge on any atom is 0.0191 e. The maximum atomic E-state index is 5.45. The van der Waals surface area contributed by atoms with E-state index in [2.05, 4.69) is 0 Å². The zero-order valence-electron chi connectivity index (χ0n) is 4.40. The number of hydrogen-bond acceptors (Lipinski definition) is 1. The predicted molar refractivity (Wildman–Crippen MR) is 28.8 cm³/mol. The lowest BCUT2D eigenvalue weighted by Gasteiger charge is -2.08. The monoisotopic (exact) mass is 107 g/mol. The van der Waals surface area contributed by atoms with Crippen molar-refractivity contribution in [3.8, 4) is 0 Å². The first-order valence-electron chi connectivity index (χ1n) is 2.03. The Morgan fingerprint density at radius 2 is 1.67 bits per heavy atom. The topological polar surface area (TPSA) is 3.24 Å². The zero-order chi connectivity index (χ0) is 5.15. The summed E-state index contributed by atoms with van der Waals surface area (Å²) in [6.45, 7) is 4.07. The first kappa shape index (κ1) is 6.25. The van der Waals surface area contributed by atoms with E-state index in [1.54, 1.807) is 4.42 Å². The fourth-order valence-corrected chi connectivity index (χ4v) is 0. The van der Waals surface area contributed by atoms with E-state index < -0.39 is 0 Å². The Bertz CT molecular complexity index is 28.5. The van der Waals surface area contributed by atoms with Gasteiger partial charge in [0.25, 0.3) is 0 Å². The van der Waals surface area contributed by atoms with E-state index in [9.17, 15) is 0 Å². The summed E-state index contributed by atoms with van der Waals surface area (Å²) in [6, 6.07) is 0.451. The van der Waals surface area contributed by atoms with Gasteiger partial charge < -0.3 is 0 Å². The lowest BCUT2D eigenvalue weighted by Crippen LogP contribution is -2.14. The van der Waals surface area contributed by atoms with Crippen molar-refractivity contribution in [1.82, 2.24) is 4.42 Å². The first-order chi connectivity index (χ1) is 2.64. The number of halogens is 1. The van der Waals surface area contributed by atoms with Gasteiger partial charge in [-0.05, 0) is 25.6 Å². The Kier molecular flexibility index (Phi) is 2.53. The average molecular weight is 108 g/mol. The van der Waals surface area contributed by atoms with Gasteiger partial charge in [0.05, 0.1) is 0 Å². The van der Waals surface area contributed by atoms with Gasteiger partial charge in [0.2, 0.25) is 0 Å². The number of hydrogen-bond donors (Lipinski definition) is 0. The van der Waals surface area contributed by atoms with Crippen LogP contribution in [0, 0.1) is 0 Å². The van der Waals surface area contributed by atoms with Crippen LogP contribution in [0.25, 0.3) is 0 Å². The van der Waals surface area contributed by atoms with Gasteiger partial charge >= 0.3 is 0 Å². The highest BCUT2D eigenvalue weighted by molar-refractivity contribution is 6.13. The van der Waals surface area contributed by atoms with Crippen LogP contribution in [0.3, 0.4) is 0 Å². The Balaban J connectivity index is 2.99. The third-order valence-electron chi connectivity index (χ3n) is 0.712. The van der Waals surface area contributed by atoms with Gasteiger partial charge in [-0.2, -0.15) is 0 Å². The van der Waals surface area contributed by atoms with Gasteiger partial charge in [-0.1, -0.05) is 0 Å². The molecule has 0 aromatic carbocycles. The molecule has 0 aliphatic carbocycles. The highest BCUT2D eigenvalue weighted by Crippen LogP contribution is 1.94. The standard InChI is InChI=1S/C4H10ClN/c1-4(2)6(3)5/h4H,1-3H3. The molecule has 0 rings (SSSR count). The van der Waals surface area contributed by atoms with Crippen LogP contribution in [-0.2, 0) is 0 Å². The average Bonchev–Trinajstić information content (AvgIpc) is 1.36. The fraction of sp³-hybridized carbons (Fsp3) is 1.00. The number of rotatable bonds is 1. The second kappa shape index (κ2) is 2.43. The minimum absolute atomic E-state index is 0.451. The molecule has 0 saturated heterocycles. The normalized spacial score (nSPS) is 11.0. The molecule has 0 aromatic heterocycles. The summed E-state index contributed by atoms with van der Waals surface area (Å²) in [4.78, 5) is 0. The van der Waals surface area contributed by atoms with Crippen LogP contribution in [0.4, 0.5) is 0 Å². The highest BCUT2D eigenvalue weighted by atomic mass is 35.5. The molecule has 0 heterocycles. The summed E-state index contributed by atoms with van der Waals surface area (Å²) in [6.07, 6.45) is 0. The van der Waals surface area contributed by atoms with E-state index in [0.717, 1.165) is 0 Å². The molecule has 0 amide bonds. The van der Waals surface area contributed by atoms with E-state index in [1.807, 2.05) is 20.9 Å². The molecule has 0 aliphatic rings. The summed E-state index contributed by atoms with van der Waals surface area (Å²) >= 11 is 5.45. The molecular weight excluding hydrogens is 97.5 g/mol. The van der Waals surface area contributed by atoms with Crippen molar-refractivity contribution in [2.24, 2.45) is 0 Å². The van der Waals surface area contributed by atoms with Crippen LogP contribution in [0.2, 0.25) is 0 Å². The summed E-state index contributed by atoms with van der Waals surface area (Å²) in [5.74, 6) is 0. The smallest absolute Gasteiger partial charge is 0.0191 e. The van der Waals surface area contributed by atoms with Crippen LogP contribution in [0.5, 0.6) is 0 Å². The quantitative estimate of drug-likeness (QED) is 0.459. The third-order valence-corrected chi connectivity index (χ3v) is 1.10. The van der Waals surface area contributed by atoms with Crippen molar-refractivity contribution in [1.29, 1.82) is 0 Å². The van der Waals surface area contributed by atoms with Gasteiger partial charge in [0.15, 0.2) is 0 Å². The summed E-state index contributed by atoms with van der Waals surface area (Å²) in [5.41, 5.74) is 0. The molecule has 0 atom stereocenters. The molecule has 0 spiro atoms. The molecule has 0 radical (unpaired) electrons. The van der Waals surface area contributed by atoms with E-state index >= 15 is 0 Å². The lowest BCUT2D eigenvalue weighted by atomic mass is 10.4. The molecule has 1 nitrogen and oxygen atoms in total. The van der Waals surface area contributed by atoms with Crippen LogP contribution in [0.1, 0.15) is 13.8 Å². The Morgan fingerprint density at radius 1 is 1.50 bits per heavy atom. The van der Waals surface area contributed by atoms with Crippen molar-refractivity contribution in [2.45, 2.75) is 19.9 Å². The van der Waals surface area contributed by atoms with Crippen molar-refractivity contribution < 1.29 is 0 Å². The molecular formula is C4H10ClN. The molecule has 0 aromatic rings. The Labute approximate surface area is 44.0 Å². The van der Waals surface area contributed by atoms with Crippen LogP contribution < -0.4 is 0 Å². The molecule has 0 aliphatic heterocycles. The minimum atomic E-state index is 0.451. The molecule has 0 bridgehead atoms. The van der Waals surface area contributed by atoms with Gasteiger partial charge in [-0.3, -0.25) is 0 Å². The summed E-state index contributed by atoms with van der Waals surface area (Å²) < 4.78 is 1.64. The van der Waals surface area contributed by atoms with Crippen molar-refractivity contribution in [3.63, 3.8) is 0 Å². The van der Waals surface area contributed by atoms with Crippen LogP contribution >= 0.6 is 11.8 Å². The van der Waals surface area contributed by atoms with E-state index in [0.29, 0.717) is 6.04 Å². The lowest BCUT2D eigenvalue weighted by molar-refractivity contribution is 0.453. The third kappa shape index (κ3) is 2.49. The summed E-state index contributed by atoms with van der Waals surface area (Å²) in [5, 5.41) is 0. The highest BCUT2D eigenvalue weighted by Gasteiger charge is 1.93. The minimum Gasteiger partial charge on any atom is -0.221 e. The van der Waals surface area contributed by atoms with Gasteiger partial charge in [-0.25, -0.2) is 4.42 Å². The molecule has 0 fully saturated rings. The summed E-state index contributed by atoms with van der Waals surface area (Å²) in [7, 11) is 1.84. The molecule has 2 heteroatoms. The molecule has 38 valence electrons. The van der Waals surface area contributed by atoms with Crippen molar-refractivity contribution in [2.75, 3.05) is 7.05 Å². The van der Waals surface area contributed by atoms with E-state index in [4.69, 9.17) is 11.8 Å². The maximum absolute atomic E-state index is 5.45.